The molecule has 0 aliphatic heterocycles. The van der Waals surface area contributed by atoms with Crippen LogP contribution in [-0.2, 0) is 16.3 Å². The van der Waals surface area contributed by atoms with Crippen molar-refractivity contribution in [2.24, 2.45) is 0 Å². The van der Waals surface area contributed by atoms with Gasteiger partial charge in [0, 0.05) is 5.15 Å². The second-order valence-corrected chi connectivity index (χ2v) is 1.94. The molecule has 0 bridgehead atoms. The topological polar surface area (TPSA) is 12.9 Å². The minimum absolute atomic E-state index is 0.426. The molecule has 1 aromatic heterocycles. The predicted molar refractivity (Wildman–Crippen MR) is 41.7 cm³/mol. The first kappa shape index (κ1) is 10.5. The summed E-state index contributed by atoms with van der Waals surface area (Å²) in [5.41, 5.74) is 1.08. The van der Waals surface area contributed by atoms with Crippen molar-refractivity contribution in [2.75, 3.05) is 0 Å². The molecule has 1 aromatic rings. The molecule has 0 aliphatic carbocycles. The van der Waals surface area contributed by atoms with Crippen LogP contribution in [0.25, 0.3) is 0 Å². The summed E-state index contributed by atoms with van der Waals surface area (Å²) in [7, 11) is 0. The maximum absolute atomic E-state index is 5.44. The summed E-state index contributed by atoms with van der Waals surface area (Å²) in [5.74, 6) is 0. The van der Waals surface area contributed by atoms with E-state index < -0.39 is 0 Å². The van der Waals surface area contributed by atoms with E-state index in [1.807, 2.05) is 6.92 Å². The van der Waals surface area contributed by atoms with Crippen LogP contribution < -0.4 is 0 Å². The molecule has 0 unspecified atom stereocenters. The minimum atomic E-state index is 0.426. The van der Waals surface area contributed by atoms with Crippen LogP contribution in [0.15, 0.2) is 12.3 Å². The Morgan fingerprint density at radius 3 is 2.60 bits per heavy atom. The van der Waals surface area contributed by atoms with Crippen LogP contribution in [0, 0.1) is 13.0 Å². The van der Waals surface area contributed by atoms with Gasteiger partial charge in [0.15, 0.2) is 0 Å². The maximum atomic E-state index is 5.44. The van der Waals surface area contributed by atoms with Crippen molar-refractivity contribution in [3.8, 4) is 0 Å². The van der Waals surface area contributed by atoms with Gasteiger partial charge in [0.05, 0.1) is 0 Å². The van der Waals surface area contributed by atoms with Gasteiger partial charge in [-0.1, -0.05) is 17.8 Å². The molecule has 0 aliphatic rings. The predicted octanol–water partition coefficient (Wildman–Crippen LogP) is 2.69. The van der Waals surface area contributed by atoms with Crippen LogP contribution in [0.4, 0.5) is 0 Å². The van der Waals surface area contributed by atoms with Gasteiger partial charge in [-0.2, -0.15) is 5.56 Å². The number of pyridine rings is 1. The van der Waals surface area contributed by atoms with Crippen molar-refractivity contribution < 1.29 is 16.3 Å². The number of rotatable bonds is 0. The van der Waals surface area contributed by atoms with E-state index in [1.165, 1.54) is 16.3 Å². The number of aryl methyl sites for hydroxylation is 1. The van der Waals surface area contributed by atoms with E-state index in [1.54, 1.807) is 12.3 Å². The third-order valence-electron chi connectivity index (χ3n) is 0.800. The molecule has 4 heteroatoms. The van der Waals surface area contributed by atoms with Crippen LogP contribution in [0.3, 0.4) is 0 Å². The fraction of sp³-hybridized carbons (Fsp3) is 0.167. The summed E-state index contributed by atoms with van der Waals surface area (Å²) in [6.07, 6.45) is 1.71. The first-order valence-electron chi connectivity index (χ1n) is 2.55. The first-order valence-corrected chi connectivity index (χ1v) is 9.88. The third kappa shape index (κ3) is 4.37. The van der Waals surface area contributed by atoms with Gasteiger partial charge in [-0.15, -0.1) is 6.92 Å². The molecule has 1 rings (SSSR count). The van der Waals surface area contributed by atoms with Crippen molar-refractivity contribution in [1.82, 2.24) is 4.98 Å². The Morgan fingerprint density at radius 1 is 1.70 bits per heavy atom. The summed E-state index contributed by atoms with van der Waals surface area (Å²) in [6.45, 7) is 1.94. The van der Waals surface area contributed by atoms with Gasteiger partial charge in [-0.3, -0.25) is 4.98 Å². The van der Waals surface area contributed by atoms with E-state index in [4.69, 9.17) is 11.6 Å². The average Bonchev–Trinajstić information content (AvgIpc) is 2.00. The van der Waals surface area contributed by atoms with Gasteiger partial charge in [0.25, 0.3) is 0 Å². The van der Waals surface area contributed by atoms with E-state index in [2.05, 4.69) is 24.7 Å². The number of nitrogens with zero attached hydrogens (tertiary/aromatic N) is 1. The molecule has 0 amide bonds. The number of halogens is 2. The molecule has 0 saturated heterocycles. The number of hydrogen-bond acceptors (Lipinski definition) is 1. The normalized spacial score (nSPS) is 8.10. The zero-order valence-electron chi connectivity index (χ0n) is 5.56. The van der Waals surface area contributed by atoms with Crippen molar-refractivity contribution in [1.29, 1.82) is 0 Å². The third-order valence-corrected chi connectivity index (χ3v) is 1.01. The van der Waals surface area contributed by atoms with E-state index in [-0.39, 0.29) is 0 Å². The van der Waals surface area contributed by atoms with Gasteiger partial charge in [0.2, 0.25) is 0 Å². The van der Waals surface area contributed by atoms with E-state index in [9.17, 15) is 0 Å². The fourth-order valence-corrected chi connectivity index (χ4v) is 0.510. The Labute approximate surface area is 82.2 Å². The zero-order valence-corrected chi connectivity index (χ0v) is 10.9. The summed E-state index contributed by atoms with van der Waals surface area (Å²) in [5, 5.41) is 0.426. The molecule has 0 fully saturated rings. The monoisotopic (exact) mass is 269 g/mol. The van der Waals surface area contributed by atoms with Gasteiger partial charge in [0.1, 0.15) is 0 Å². The molecule has 0 atom stereocenters. The summed E-state index contributed by atoms with van der Waals surface area (Å²) < 4.78 is 0. The standard InChI is InChI=1S/C6H5ClN.BrH.Zn/c1-5-2-3-6(7)8-4-5;;/h2,4H,1H3;1H;/q-1;;+2/p-1. The van der Waals surface area contributed by atoms with E-state index in [0.717, 1.165) is 5.56 Å². The molecule has 50 valence electrons. The molecule has 0 radical (unpaired) electrons. The van der Waals surface area contributed by atoms with Crippen LogP contribution >= 0.6 is 25.2 Å². The van der Waals surface area contributed by atoms with Crippen molar-refractivity contribution >= 4 is 25.2 Å². The van der Waals surface area contributed by atoms with E-state index >= 15 is 0 Å². The molecule has 1 heterocycles. The quantitative estimate of drug-likeness (QED) is 0.402. The summed E-state index contributed by atoms with van der Waals surface area (Å²) in [6, 6.07) is 4.55. The van der Waals surface area contributed by atoms with Crippen LogP contribution in [0.5, 0.6) is 0 Å². The summed E-state index contributed by atoms with van der Waals surface area (Å²) >= 11 is 9.70. The first-order chi connectivity index (χ1) is 4.79. The SMILES string of the molecule is Cc1c[c-]c(Cl)nc1.[Zn+][Br]. The molecular weight excluding hydrogens is 267 g/mol. The number of aromatic nitrogens is 1. The second-order valence-electron chi connectivity index (χ2n) is 1.58. The average molecular weight is 272 g/mol. The Morgan fingerprint density at radius 2 is 2.30 bits per heavy atom. The summed E-state index contributed by atoms with van der Waals surface area (Å²) in [4.78, 5) is 3.79. The van der Waals surface area contributed by atoms with Gasteiger partial charge < -0.3 is 0 Å². The molecule has 0 aromatic carbocycles. The van der Waals surface area contributed by atoms with Crippen LogP contribution in [0.2, 0.25) is 5.15 Å². The van der Waals surface area contributed by atoms with Gasteiger partial charge >= 0.3 is 30.0 Å². The van der Waals surface area contributed by atoms with E-state index in [0.29, 0.717) is 5.15 Å². The van der Waals surface area contributed by atoms with Crippen LogP contribution in [-0.4, -0.2) is 4.98 Å². The molecule has 10 heavy (non-hydrogen) atoms. The van der Waals surface area contributed by atoms with Crippen molar-refractivity contribution in [3.63, 3.8) is 0 Å². The van der Waals surface area contributed by atoms with Crippen molar-refractivity contribution in [3.05, 3.63) is 29.0 Å². The zero-order chi connectivity index (χ0) is 7.98. The Bertz CT molecular complexity index is 157. The molecule has 0 saturated carbocycles. The van der Waals surface area contributed by atoms with Crippen LogP contribution in [0.1, 0.15) is 5.56 Å². The second kappa shape index (κ2) is 6.27. The number of hydrogen-bond donors (Lipinski definition) is 0. The molecule has 0 N–H and O–H groups in total. The Balaban J connectivity index is 0.000000371. The molecular formula is C6H5BrClNZn. The van der Waals surface area contributed by atoms with Gasteiger partial charge in [-0.05, 0) is 0 Å². The fourth-order valence-electron chi connectivity index (χ4n) is 0.406. The van der Waals surface area contributed by atoms with Crippen molar-refractivity contribution in [2.45, 2.75) is 6.92 Å². The molecule has 0 spiro atoms. The Kier molecular flexibility index (Phi) is 6.61. The molecule has 1 nitrogen and oxygen atoms in total. The Hall–Kier alpha value is 0.543. The van der Waals surface area contributed by atoms with Gasteiger partial charge in [-0.25, -0.2) is 12.1 Å².